The maximum absolute atomic E-state index is 9.84. The Bertz CT molecular complexity index is 595. The molecule has 4 rings (SSSR count). The molecule has 3 N–H and O–H groups in total. The Balaban J connectivity index is 1.84. The van der Waals surface area contributed by atoms with Gasteiger partial charge in [-0.3, -0.25) is 0 Å². The molecule has 88 valence electrons. The second-order valence-electron chi connectivity index (χ2n) is 5.02. The predicted molar refractivity (Wildman–Crippen MR) is 61.0 cm³/mol. The summed E-state index contributed by atoms with van der Waals surface area (Å²) in [6.07, 6.45) is 4.98. The van der Waals surface area contributed by atoms with E-state index in [0.29, 0.717) is 29.2 Å². The van der Waals surface area contributed by atoms with E-state index < -0.39 is 0 Å². The molecule has 0 spiro atoms. The van der Waals surface area contributed by atoms with Gasteiger partial charge in [-0.1, -0.05) is 0 Å². The van der Waals surface area contributed by atoms with E-state index >= 15 is 0 Å². The highest BCUT2D eigenvalue weighted by molar-refractivity contribution is 5.81. The zero-order chi connectivity index (χ0) is 11.6. The monoisotopic (exact) mass is 231 g/mol. The molecule has 0 amide bonds. The average molecular weight is 231 g/mol. The molecule has 2 saturated carbocycles. The van der Waals surface area contributed by atoms with Gasteiger partial charge in [0.1, 0.15) is 11.8 Å². The number of hydrogen-bond acceptors (Lipinski definition) is 5. The summed E-state index contributed by atoms with van der Waals surface area (Å²) in [5.41, 5.74) is 7.20. The van der Waals surface area contributed by atoms with E-state index in [4.69, 9.17) is 5.73 Å². The third kappa shape index (κ3) is 1.16. The van der Waals surface area contributed by atoms with Gasteiger partial charge in [0.25, 0.3) is 0 Å². The van der Waals surface area contributed by atoms with Crippen LogP contribution < -0.4 is 5.73 Å². The van der Waals surface area contributed by atoms with Crippen molar-refractivity contribution in [2.75, 3.05) is 5.73 Å². The summed E-state index contributed by atoms with van der Waals surface area (Å²) in [6, 6.07) is 0.314. The van der Waals surface area contributed by atoms with Gasteiger partial charge in [0.2, 0.25) is 0 Å². The van der Waals surface area contributed by atoms with Crippen LogP contribution in [0.5, 0.6) is 0 Å². The summed E-state index contributed by atoms with van der Waals surface area (Å²) >= 11 is 0. The largest absolute Gasteiger partial charge is 0.393 e. The van der Waals surface area contributed by atoms with Crippen molar-refractivity contribution in [3.8, 4) is 0 Å². The molecule has 2 heterocycles. The van der Waals surface area contributed by atoms with Crippen molar-refractivity contribution < 1.29 is 5.11 Å². The van der Waals surface area contributed by atoms with Crippen molar-refractivity contribution in [2.24, 2.45) is 11.8 Å². The number of hydrogen-bond donors (Lipinski definition) is 2. The SMILES string of the molecule is Nc1ncnc2c1ncn2[C@@H]1C[C@@H](O)[C@@H]2C[C@@H]21. The molecule has 6 nitrogen and oxygen atoms in total. The Morgan fingerprint density at radius 2 is 2.12 bits per heavy atom. The van der Waals surface area contributed by atoms with Crippen molar-refractivity contribution in [3.05, 3.63) is 12.7 Å². The summed E-state index contributed by atoms with van der Waals surface area (Å²) in [4.78, 5) is 12.5. The van der Waals surface area contributed by atoms with E-state index in [0.717, 1.165) is 18.5 Å². The highest BCUT2D eigenvalue weighted by Crippen LogP contribution is 2.57. The van der Waals surface area contributed by atoms with Crippen molar-refractivity contribution in [1.29, 1.82) is 0 Å². The number of aromatic nitrogens is 4. The van der Waals surface area contributed by atoms with Gasteiger partial charge >= 0.3 is 0 Å². The van der Waals surface area contributed by atoms with Crippen LogP contribution in [-0.4, -0.2) is 30.7 Å². The van der Waals surface area contributed by atoms with Crippen molar-refractivity contribution >= 4 is 17.0 Å². The normalized spacial score (nSPS) is 35.1. The summed E-state index contributed by atoms with van der Waals surface area (Å²) < 4.78 is 2.05. The van der Waals surface area contributed by atoms with Gasteiger partial charge in [-0.25, -0.2) is 15.0 Å². The first-order chi connectivity index (χ1) is 8.25. The molecule has 4 atom stereocenters. The molecule has 6 heteroatoms. The van der Waals surface area contributed by atoms with Crippen LogP contribution in [0.25, 0.3) is 11.2 Å². The molecule has 0 aliphatic heterocycles. The van der Waals surface area contributed by atoms with Gasteiger partial charge in [0.05, 0.1) is 12.4 Å². The molecule has 0 radical (unpaired) electrons. The number of nitrogens with zero attached hydrogens (tertiary/aromatic N) is 4. The maximum atomic E-state index is 9.84. The second kappa shape index (κ2) is 2.95. The minimum atomic E-state index is -0.165. The standard InChI is InChI=1S/C11H13N5O/c12-10-9-11(14-3-13-10)16(4-15-9)7-2-8(17)6-1-5(6)7/h3-8,17H,1-2H2,(H2,12,13,14)/t5-,6+,7+,8+/m0/s1. The summed E-state index contributed by atoms with van der Waals surface area (Å²) in [7, 11) is 0. The first-order valence-corrected chi connectivity index (χ1v) is 5.87. The lowest BCUT2D eigenvalue weighted by atomic mass is 10.1. The van der Waals surface area contributed by atoms with Gasteiger partial charge in [-0.05, 0) is 24.7 Å². The fourth-order valence-corrected chi connectivity index (χ4v) is 3.15. The lowest BCUT2D eigenvalue weighted by molar-refractivity contribution is 0.152. The van der Waals surface area contributed by atoms with Crippen molar-refractivity contribution in [3.63, 3.8) is 0 Å². The van der Waals surface area contributed by atoms with Crippen LogP contribution in [-0.2, 0) is 0 Å². The number of aliphatic hydroxyl groups excluding tert-OH is 1. The van der Waals surface area contributed by atoms with Crippen molar-refractivity contribution in [1.82, 2.24) is 19.5 Å². The van der Waals surface area contributed by atoms with E-state index in [2.05, 4.69) is 15.0 Å². The molecule has 0 aromatic carbocycles. The van der Waals surface area contributed by atoms with Gasteiger partial charge < -0.3 is 15.4 Å². The molecule has 0 saturated heterocycles. The van der Waals surface area contributed by atoms with Gasteiger partial charge in [0, 0.05) is 6.04 Å². The van der Waals surface area contributed by atoms with Crippen LogP contribution in [0.4, 0.5) is 5.82 Å². The number of nitrogen functional groups attached to an aromatic ring is 1. The van der Waals surface area contributed by atoms with Crippen LogP contribution >= 0.6 is 0 Å². The Kier molecular flexibility index (Phi) is 1.62. The molecule has 2 aromatic rings. The molecule has 2 fully saturated rings. The van der Waals surface area contributed by atoms with Crippen LogP contribution in [0.15, 0.2) is 12.7 Å². The second-order valence-corrected chi connectivity index (χ2v) is 5.02. The third-order valence-corrected chi connectivity index (χ3v) is 4.11. The molecular weight excluding hydrogens is 218 g/mol. The first kappa shape index (κ1) is 9.35. The summed E-state index contributed by atoms with van der Waals surface area (Å²) in [5.74, 6) is 1.48. The number of fused-ring (bicyclic) bond motifs is 2. The lowest BCUT2D eigenvalue weighted by Crippen LogP contribution is -2.12. The summed E-state index contributed by atoms with van der Waals surface area (Å²) in [5, 5.41) is 9.84. The van der Waals surface area contributed by atoms with E-state index in [1.807, 2.05) is 4.57 Å². The third-order valence-electron chi connectivity index (χ3n) is 4.11. The molecule has 0 unspecified atom stereocenters. The van der Waals surface area contributed by atoms with Crippen molar-refractivity contribution in [2.45, 2.75) is 25.0 Å². The average Bonchev–Trinajstić information content (AvgIpc) is 2.89. The number of imidazole rings is 1. The first-order valence-electron chi connectivity index (χ1n) is 5.87. The Labute approximate surface area is 97.5 Å². The molecule has 17 heavy (non-hydrogen) atoms. The van der Waals surface area contributed by atoms with E-state index in [1.165, 1.54) is 6.33 Å². The lowest BCUT2D eigenvalue weighted by Gasteiger charge is -2.15. The minimum absolute atomic E-state index is 0.165. The number of rotatable bonds is 1. The quantitative estimate of drug-likeness (QED) is 0.739. The molecule has 2 aliphatic rings. The fourth-order valence-electron chi connectivity index (χ4n) is 3.15. The molecule has 2 aromatic heterocycles. The zero-order valence-corrected chi connectivity index (χ0v) is 9.19. The number of aliphatic hydroxyl groups is 1. The Morgan fingerprint density at radius 3 is 2.82 bits per heavy atom. The van der Waals surface area contributed by atoms with Gasteiger partial charge in [-0.2, -0.15) is 0 Å². The van der Waals surface area contributed by atoms with Gasteiger partial charge in [0.15, 0.2) is 11.5 Å². The molecule has 0 bridgehead atoms. The topological polar surface area (TPSA) is 89.9 Å². The highest BCUT2D eigenvalue weighted by Gasteiger charge is 2.54. The number of nitrogens with two attached hydrogens (primary N) is 1. The van der Waals surface area contributed by atoms with Gasteiger partial charge in [-0.15, -0.1) is 0 Å². The smallest absolute Gasteiger partial charge is 0.165 e. The number of anilines is 1. The van der Waals surface area contributed by atoms with E-state index in [9.17, 15) is 5.11 Å². The zero-order valence-electron chi connectivity index (χ0n) is 9.19. The van der Waals surface area contributed by atoms with Crippen LogP contribution in [0.1, 0.15) is 18.9 Å². The van der Waals surface area contributed by atoms with E-state index in [-0.39, 0.29) is 6.10 Å². The fraction of sp³-hybridized carbons (Fsp3) is 0.545. The highest BCUT2D eigenvalue weighted by atomic mass is 16.3. The predicted octanol–water partition coefficient (Wildman–Crippen LogP) is 0.350. The van der Waals surface area contributed by atoms with Crippen LogP contribution in [0.3, 0.4) is 0 Å². The molecular formula is C11H13N5O. The maximum Gasteiger partial charge on any atom is 0.165 e. The summed E-state index contributed by atoms with van der Waals surface area (Å²) in [6.45, 7) is 0. The van der Waals surface area contributed by atoms with Crippen LogP contribution in [0, 0.1) is 11.8 Å². The Morgan fingerprint density at radius 1 is 1.24 bits per heavy atom. The van der Waals surface area contributed by atoms with Crippen LogP contribution in [0.2, 0.25) is 0 Å². The minimum Gasteiger partial charge on any atom is -0.393 e. The Hall–Kier alpha value is -1.69. The molecule has 2 aliphatic carbocycles. The van der Waals surface area contributed by atoms with E-state index in [1.54, 1.807) is 6.33 Å².